The number of carbonyl (C=O) groups excluding carboxylic acids is 1. The first-order valence-electron chi connectivity index (χ1n) is 14.0. The average Bonchev–Trinajstić information content (AvgIpc) is 3.21. The lowest BCUT2D eigenvalue weighted by molar-refractivity contribution is 0.0954. The molecule has 1 heterocycles. The number of carbonyl (C=O) groups is 1. The second kappa shape index (κ2) is 11.8. The monoisotopic (exact) mass is 568 g/mol. The molecule has 1 aromatic heterocycles. The highest BCUT2D eigenvalue weighted by Gasteiger charge is 2.39. The van der Waals surface area contributed by atoms with Crippen LogP contribution in [-0.4, -0.2) is 25.9 Å². The first-order valence-corrected chi connectivity index (χ1v) is 15.4. The Morgan fingerprint density at radius 2 is 1.71 bits per heavy atom. The first kappa shape index (κ1) is 28.5. The molecule has 1 atom stereocenters. The molecule has 3 aromatic carbocycles. The summed E-state index contributed by atoms with van der Waals surface area (Å²) in [5, 5.41) is 6.28. The second-order valence-electron chi connectivity index (χ2n) is 11.1. The van der Waals surface area contributed by atoms with Gasteiger partial charge in [-0.2, -0.15) is 0 Å². The lowest BCUT2D eigenvalue weighted by Crippen LogP contribution is -2.28. The third kappa shape index (κ3) is 6.50. The van der Waals surface area contributed by atoms with Gasteiger partial charge in [0.15, 0.2) is 0 Å². The van der Waals surface area contributed by atoms with Crippen molar-refractivity contribution < 1.29 is 13.2 Å². The highest BCUT2D eigenvalue weighted by atomic mass is 32.2. The van der Waals surface area contributed by atoms with Crippen LogP contribution in [-0.2, 0) is 28.3 Å². The molecule has 3 N–H and O–H groups in total. The summed E-state index contributed by atoms with van der Waals surface area (Å²) in [5.41, 5.74) is 5.22. The molecule has 1 unspecified atom stereocenters. The van der Waals surface area contributed by atoms with Gasteiger partial charge in [-0.25, -0.2) is 18.1 Å². The number of hydrogen-bond donors (Lipinski definition) is 3. The van der Waals surface area contributed by atoms with E-state index in [0.29, 0.717) is 24.3 Å². The van der Waals surface area contributed by atoms with Crippen LogP contribution in [0.2, 0.25) is 0 Å². The van der Waals surface area contributed by atoms with Crippen molar-refractivity contribution in [2.45, 2.75) is 56.4 Å². The molecule has 5 rings (SSSR count). The van der Waals surface area contributed by atoms with Gasteiger partial charge in [0.1, 0.15) is 5.82 Å². The predicted octanol–water partition coefficient (Wildman–Crippen LogP) is 6.06. The van der Waals surface area contributed by atoms with E-state index in [4.69, 9.17) is 0 Å². The van der Waals surface area contributed by atoms with Gasteiger partial charge in [0.25, 0.3) is 5.91 Å². The Bertz CT molecular complexity index is 1640. The number of pyridine rings is 1. The zero-order valence-electron chi connectivity index (χ0n) is 23.6. The van der Waals surface area contributed by atoms with Crippen LogP contribution >= 0.6 is 0 Å². The van der Waals surface area contributed by atoms with Gasteiger partial charge in [-0.05, 0) is 83.3 Å². The molecule has 0 aliphatic heterocycles. The zero-order valence-corrected chi connectivity index (χ0v) is 24.5. The molecule has 1 amide bonds. The van der Waals surface area contributed by atoms with E-state index in [1.807, 2.05) is 67.6 Å². The van der Waals surface area contributed by atoms with E-state index in [2.05, 4.69) is 34.2 Å². The zero-order chi connectivity index (χ0) is 29.0. The van der Waals surface area contributed by atoms with Gasteiger partial charge in [-0.15, -0.1) is 0 Å². The Hall–Kier alpha value is -4.01. The summed E-state index contributed by atoms with van der Waals surface area (Å²) < 4.78 is 29.5. The maximum Gasteiger partial charge on any atom is 0.255 e. The molecule has 0 fully saturated rings. The van der Waals surface area contributed by atoms with Gasteiger partial charge >= 0.3 is 0 Å². The minimum absolute atomic E-state index is 0.206. The maximum absolute atomic E-state index is 13.3. The molecule has 41 heavy (non-hydrogen) atoms. The summed E-state index contributed by atoms with van der Waals surface area (Å²) in [5.74, 6) is 0.230. The van der Waals surface area contributed by atoms with Crippen LogP contribution in [0.3, 0.4) is 0 Å². The minimum Gasteiger partial charge on any atom is -0.352 e. The van der Waals surface area contributed by atoms with Crippen LogP contribution in [0, 0.1) is 0 Å². The largest absolute Gasteiger partial charge is 0.352 e. The first-order chi connectivity index (χ1) is 19.7. The highest BCUT2D eigenvalue weighted by Crippen LogP contribution is 2.46. The standard InChI is InChI=1S/C33H36N4O3S/c1-4-23-12-15-26(16-13-23)41(39,40)37-30-22-33(2,3)29-17-14-25(21-28(29)30)36-31-27(11-8-19-34-31)32(38)35-20-18-24-9-6-5-7-10-24/h5-17,19,21,30,37H,4,18,20,22H2,1-3H3,(H,34,36)(H,35,38). The Morgan fingerprint density at radius 1 is 0.951 bits per heavy atom. The second-order valence-corrected chi connectivity index (χ2v) is 12.8. The Morgan fingerprint density at radius 3 is 2.44 bits per heavy atom. The highest BCUT2D eigenvalue weighted by molar-refractivity contribution is 7.89. The number of sulfonamides is 1. The van der Waals surface area contributed by atoms with Crippen molar-refractivity contribution >= 4 is 27.4 Å². The third-order valence-electron chi connectivity index (χ3n) is 7.67. The van der Waals surface area contributed by atoms with E-state index >= 15 is 0 Å². The summed E-state index contributed by atoms with van der Waals surface area (Å²) in [6, 6.07) is 26.1. The van der Waals surface area contributed by atoms with E-state index in [1.54, 1.807) is 30.5 Å². The topological polar surface area (TPSA) is 100 Å². The van der Waals surface area contributed by atoms with Crippen molar-refractivity contribution in [2.75, 3.05) is 11.9 Å². The smallest absolute Gasteiger partial charge is 0.255 e. The van der Waals surface area contributed by atoms with Gasteiger partial charge in [0.2, 0.25) is 10.0 Å². The molecule has 8 heteroatoms. The van der Waals surface area contributed by atoms with E-state index in [1.165, 1.54) is 0 Å². The van der Waals surface area contributed by atoms with Gasteiger partial charge in [-0.3, -0.25) is 4.79 Å². The molecule has 0 radical (unpaired) electrons. The molecule has 0 spiro atoms. The number of aryl methyl sites for hydroxylation is 1. The minimum atomic E-state index is -3.72. The molecule has 1 aliphatic rings. The lowest BCUT2D eigenvalue weighted by Gasteiger charge is -2.19. The lowest BCUT2D eigenvalue weighted by atomic mass is 9.86. The van der Waals surface area contributed by atoms with Crippen LogP contribution in [0.15, 0.2) is 96.0 Å². The number of fused-ring (bicyclic) bond motifs is 1. The molecule has 7 nitrogen and oxygen atoms in total. The van der Waals surface area contributed by atoms with Crippen molar-refractivity contribution in [1.82, 2.24) is 15.0 Å². The molecule has 0 saturated carbocycles. The number of anilines is 2. The van der Waals surface area contributed by atoms with Crippen molar-refractivity contribution in [1.29, 1.82) is 0 Å². The normalized spacial score (nSPS) is 15.7. The maximum atomic E-state index is 13.3. The summed E-state index contributed by atoms with van der Waals surface area (Å²) in [7, 11) is -3.72. The summed E-state index contributed by atoms with van der Waals surface area (Å²) >= 11 is 0. The molecule has 0 bridgehead atoms. The van der Waals surface area contributed by atoms with E-state index in [0.717, 1.165) is 40.8 Å². The number of amides is 1. The average molecular weight is 569 g/mol. The van der Waals surface area contributed by atoms with Crippen molar-refractivity contribution in [3.8, 4) is 0 Å². The summed E-state index contributed by atoms with van der Waals surface area (Å²) in [6.45, 7) is 6.80. The van der Waals surface area contributed by atoms with Crippen molar-refractivity contribution in [2.24, 2.45) is 0 Å². The van der Waals surface area contributed by atoms with Crippen molar-refractivity contribution in [3.63, 3.8) is 0 Å². The number of benzene rings is 3. The van der Waals surface area contributed by atoms with E-state index in [9.17, 15) is 13.2 Å². The Kier molecular flexibility index (Phi) is 8.24. The fourth-order valence-corrected chi connectivity index (χ4v) is 6.64. The summed E-state index contributed by atoms with van der Waals surface area (Å²) in [6.07, 6.45) is 3.86. The number of aromatic nitrogens is 1. The predicted molar refractivity (Wildman–Crippen MR) is 163 cm³/mol. The van der Waals surface area contributed by atoms with Crippen LogP contribution < -0.4 is 15.4 Å². The fourth-order valence-electron chi connectivity index (χ4n) is 5.43. The SMILES string of the molecule is CCc1ccc(S(=O)(=O)NC2CC(C)(C)c3ccc(Nc4ncccc4C(=O)NCCc4ccccc4)cc32)cc1. The molecular formula is C33H36N4O3S. The molecule has 0 saturated heterocycles. The molecule has 4 aromatic rings. The Balaban J connectivity index is 1.34. The van der Waals surface area contributed by atoms with E-state index in [-0.39, 0.29) is 22.3 Å². The molecule has 212 valence electrons. The number of rotatable bonds is 10. The van der Waals surface area contributed by atoms with Gasteiger partial charge in [-0.1, -0.05) is 69.3 Å². The quantitative estimate of drug-likeness (QED) is 0.216. The van der Waals surface area contributed by atoms with Gasteiger partial charge < -0.3 is 10.6 Å². The third-order valence-corrected chi connectivity index (χ3v) is 9.15. The van der Waals surface area contributed by atoms with Crippen LogP contribution in [0.1, 0.15) is 65.8 Å². The summed E-state index contributed by atoms with van der Waals surface area (Å²) in [4.78, 5) is 17.7. The fraction of sp³-hybridized carbons (Fsp3) is 0.273. The number of hydrogen-bond acceptors (Lipinski definition) is 5. The van der Waals surface area contributed by atoms with Crippen LogP contribution in [0.25, 0.3) is 0 Å². The molecule has 1 aliphatic carbocycles. The van der Waals surface area contributed by atoms with Crippen LogP contribution in [0.5, 0.6) is 0 Å². The van der Waals surface area contributed by atoms with Gasteiger partial charge in [0, 0.05) is 24.5 Å². The van der Waals surface area contributed by atoms with Gasteiger partial charge in [0.05, 0.1) is 10.5 Å². The number of nitrogens with one attached hydrogen (secondary N) is 3. The Labute approximate surface area is 242 Å². The van der Waals surface area contributed by atoms with Crippen molar-refractivity contribution in [3.05, 3.63) is 119 Å². The molecular weight excluding hydrogens is 532 g/mol. The van der Waals surface area contributed by atoms with Crippen LogP contribution in [0.4, 0.5) is 11.5 Å². The number of nitrogens with zero attached hydrogens (tertiary/aromatic N) is 1. The van der Waals surface area contributed by atoms with E-state index < -0.39 is 10.0 Å².